The summed E-state index contributed by atoms with van der Waals surface area (Å²) >= 11 is 0. The van der Waals surface area contributed by atoms with Crippen LogP contribution in [-0.2, 0) is 24.6 Å². The molecule has 0 saturated heterocycles. The highest BCUT2D eigenvalue weighted by molar-refractivity contribution is 7.48. The van der Waals surface area contributed by atoms with Crippen molar-refractivity contribution in [1.82, 2.24) is 0 Å². The molecule has 0 atom stereocenters. The third-order valence-corrected chi connectivity index (χ3v) is 5.41. The third kappa shape index (κ3) is 5.26. The van der Waals surface area contributed by atoms with E-state index in [-0.39, 0.29) is 6.61 Å². The molecule has 2 rings (SSSR count). The van der Waals surface area contributed by atoms with Gasteiger partial charge in [0.2, 0.25) is 0 Å². The molecule has 1 fully saturated rings. The van der Waals surface area contributed by atoms with E-state index in [0.717, 1.165) is 25.4 Å². The summed E-state index contributed by atoms with van der Waals surface area (Å²) in [4.78, 5) is 0. The molecule has 23 heavy (non-hydrogen) atoms. The summed E-state index contributed by atoms with van der Waals surface area (Å²) in [5.41, 5.74) is 2.81. The first-order valence-corrected chi connectivity index (χ1v) is 9.55. The minimum Gasteiger partial charge on any atom is -0.404 e. The van der Waals surface area contributed by atoms with Crippen LogP contribution in [0.3, 0.4) is 0 Å². The Morgan fingerprint density at radius 1 is 1.13 bits per heavy atom. The third-order valence-electron chi connectivity index (χ3n) is 4.10. The number of rotatable bonds is 10. The van der Waals surface area contributed by atoms with Gasteiger partial charge < -0.3 is 9.05 Å². The maximum atomic E-state index is 12.1. The quantitative estimate of drug-likeness (QED) is 0.311. The van der Waals surface area contributed by atoms with Gasteiger partial charge in [0.05, 0.1) is 19.1 Å². The highest BCUT2D eigenvalue weighted by atomic mass is 31.2. The number of aryl methyl sites for hydroxylation is 1. The van der Waals surface area contributed by atoms with Crippen LogP contribution >= 0.6 is 7.82 Å². The molecule has 0 unspecified atom stereocenters. The highest BCUT2D eigenvalue weighted by Crippen LogP contribution is 2.50. The van der Waals surface area contributed by atoms with Crippen molar-refractivity contribution >= 4 is 7.82 Å². The fraction of sp³-hybridized carbons (Fsp3) is 0.444. The van der Waals surface area contributed by atoms with Crippen molar-refractivity contribution in [3.8, 4) is 0 Å². The first kappa shape index (κ1) is 17.8. The van der Waals surface area contributed by atoms with E-state index >= 15 is 0 Å². The average molecular weight is 336 g/mol. The summed E-state index contributed by atoms with van der Waals surface area (Å²) in [5, 5.41) is 0. The maximum absolute atomic E-state index is 12.1. The van der Waals surface area contributed by atoms with Crippen molar-refractivity contribution in [2.75, 3.05) is 6.61 Å². The Bertz CT molecular complexity index is 550. The lowest BCUT2D eigenvalue weighted by atomic mass is 9.91. The molecule has 0 radical (unpaired) electrons. The second-order valence-corrected chi connectivity index (χ2v) is 7.18. The zero-order valence-corrected chi connectivity index (χ0v) is 14.4. The van der Waals surface area contributed by atoms with Gasteiger partial charge >= 0.3 is 7.82 Å². The van der Waals surface area contributed by atoms with Gasteiger partial charge in [0.15, 0.2) is 0 Å². The molecule has 1 aliphatic carbocycles. The monoisotopic (exact) mass is 336 g/mol. The van der Waals surface area contributed by atoms with Gasteiger partial charge in [-0.2, -0.15) is 0 Å². The Labute approximate surface area is 138 Å². The zero-order chi connectivity index (χ0) is 16.5. The lowest BCUT2D eigenvalue weighted by Crippen LogP contribution is -2.02. The van der Waals surface area contributed by atoms with Crippen molar-refractivity contribution in [2.45, 2.75) is 44.4 Å². The van der Waals surface area contributed by atoms with Crippen LogP contribution in [-0.4, -0.2) is 6.61 Å². The number of hydrogen-bond acceptors (Lipinski definition) is 4. The van der Waals surface area contributed by atoms with Gasteiger partial charge in [-0.25, -0.2) is 4.57 Å². The molecule has 1 aliphatic rings. The van der Waals surface area contributed by atoms with Crippen molar-refractivity contribution < 1.29 is 18.1 Å². The Morgan fingerprint density at radius 3 is 2.43 bits per heavy atom. The van der Waals surface area contributed by atoms with Crippen LogP contribution in [0, 0.1) is 0 Å². The number of benzene rings is 1. The fourth-order valence-corrected chi connectivity index (χ4v) is 3.99. The lowest BCUT2D eigenvalue weighted by molar-refractivity contribution is 0.178. The molecule has 1 aromatic carbocycles. The summed E-state index contributed by atoms with van der Waals surface area (Å²) in [5.74, 6) is 0.686. The standard InChI is InChI=1S/C18H25O4P/c1-3-20-23(19,21-4-2)22-15-9-13-17-12-7-8-14-18(17)16-10-5-6-11-16/h3-4,7-8,12,14,16H,1-2,5-6,9-11,13,15H2. The van der Waals surface area contributed by atoms with E-state index in [2.05, 4.69) is 37.4 Å². The molecular formula is C18H25O4P. The molecule has 1 saturated carbocycles. The Balaban J connectivity index is 1.87. The molecule has 5 heteroatoms. The van der Waals surface area contributed by atoms with Crippen LogP contribution in [0.5, 0.6) is 0 Å². The Morgan fingerprint density at radius 2 is 1.78 bits per heavy atom. The highest BCUT2D eigenvalue weighted by Gasteiger charge is 2.26. The van der Waals surface area contributed by atoms with E-state index < -0.39 is 7.82 Å². The van der Waals surface area contributed by atoms with Gasteiger partial charge in [0, 0.05) is 0 Å². The molecule has 0 spiro atoms. The van der Waals surface area contributed by atoms with Crippen LogP contribution in [0.25, 0.3) is 0 Å². The Kier molecular flexibility index (Phi) is 6.94. The molecule has 0 amide bonds. The smallest absolute Gasteiger partial charge is 0.404 e. The van der Waals surface area contributed by atoms with Crippen LogP contribution in [0.2, 0.25) is 0 Å². The normalized spacial score (nSPS) is 15.3. The number of hydrogen-bond donors (Lipinski definition) is 0. The van der Waals surface area contributed by atoms with Crippen molar-refractivity contribution in [1.29, 1.82) is 0 Å². The predicted molar refractivity (Wildman–Crippen MR) is 92.1 cm³/mol. The summed E-state index contributed by atoms with van der Waals surface area (Å²) in [6, 6.07) is 8.59. The van der Waals surface area contributed by atoms with Crippen molar-refractivity contribution in [3.63, 3.8) is 0 Å². The van der Waals surface area contributed by atoms with Gasteiger partial charge in [-0.3, -0.25) is 4.52 Å². The Hall–Kier alpha value is -1.51. The predicted octanol–water partition coefficient (Wildman–Crippen LogP) is 5.72. The number of phosphoric ester groups is 1. The zero-order valence-electron chi connectivity index (χ0n) is 13.5. The minimum atomic E-state index is -3.61. The van der Waals surface area contributed by atoms with E-state index in [1.54, 1.807) is 0 Å². The summed E-state index contributed by atoms with van der Waals surface area (Å²) in [7, 11) is -3.61. The van der Waals surface area contributed by atoms with Gasteiger partial charge in [0.25, 0.3) is 0 Å². The van der Waals surface area contributed by atoms with Crippen LogP contribution in [0.1, 0.15) is 49.1 Å². The second-order valence-electron chi connectivity index (χ2n) is 5.61. The molecular weight excluding hydrogens is 311 g/mol. The van der Waals surface area contributed by atoms with Crippen LogP contribution in [0.4, 0.5) is 0 Å². The van der Waals surface area contributed by atoms with Gasteiger partial charge in [-0.1, -0.05) is 50.3 Å². The van der Waals surface area contributed by atoms with E-state index in [4.69, 9.17) is 13.6 Å². The van der Waals surface area contributed by atoms with Gasteiger partial charge in [-0.15, -0.1) is 0 Å². The largest absolute Gasteiger partial charge is 0.586 e. The fourth-order valence-electron chi connectivity index (χ4n) is 3.10. The van der Waals surface area contributed by atoms with Gasteiger partial charge in [0.1, 0.15) is 0 Å². The summed E-state index contributed by atoms with van der Waals surface area (Å²) in [6.45, 7) is 7.03. The van der Waals surface area contributed by atoms with Crippen LogP contribution in [0.15, 0.2) is 49.9 Å². The minimum absolute atomic E-state index is 0.290. The van der Waals surface area contributed by atoms with Crippen molar-refractivity contribution in [2.24, 2.45) is 0 Å². The number of phosphoric acid groups is 1. The second kappa shape index (κ2) is 8.95. The maximum Gasteiger partial charge on any atom is 0.586 e. The van der Waals surface area contributed by atoms with Gasteiger partial charge in [-0.05, 0) is 42.7 Å². The SMILES string of the molecule is C=COP(=O)(OC=C)OCCCc1ccccc1C1CCCC1. The average Bonchev–Trinajstić information content (AvgIpc) is 3.07. The molecule has 0 aromatic heterocycles. The molecule has 0 aliphatic heterocycles. The van der Waals surface area contributed by atoms with E-state index in [0.29, 0.717) is 5.92 Å². The van der Waals surface area contributed by atoms with E-state index in [1.165, 1.54) is 36.8 Å². The first-order chi connectivity index (χ1) is 11.2. The van der Waals surface area contributed by atoms with E-state index in [9.17, 15) is 4.57 Å². The molecule has 4 nitrogen and oxygen atoms in total. The molecule has 0 N–H and O–H groups in total. The summed E-state index contributed by atoms with van der Waals surface area (Å²) in [6.07, 6.45) is 8.95. The molecule has 0 heterocycles. The molecule has 126 valence electrons. The first-order valence-electron chi connectivity index (χ1n) is 8.09. The van der Waals surface area contributed by atoms with Crippen molar-refractivity contribution in [3.05, 3.63) is 61.1 Å². The summed E-state index contributed by atoms with van der Waals surface area (Å²) < 4.78 is 27.0. The topological polar surface area (TPSA) is 44.8 Å². The molecule has 0 bridgehead atoms. The van der Waals surface area contributed by atoms with Crippen LogP contribution < -0.4 is 0 Å². The molecule has 1 aromatic rings. The lowest BCUT2D eigenvalue weighted by Gasteiger charge is -2.16. The van der Waals surface area contributed by atoms with E-state index in [1.807, 2.05) is 0 Å².